The van der Waals surface area contributed by atoms with E-state index >= 15 is 0 Å². The van der Waals surface area contributed by atoms with Gasteiger partial charge in [-0.3, -0.25) is 4.79 Å². The van der Waals surface area contributed by atoms with E-state index in [0.717, 1.165) is 23.8 Å². The third-order valence-corrected chi connectivity index (χ3v) is 5.80. The summed E-state index contributed by atoms with van der Waals surface area (Å²) in [6.45, 7) is 1.97. The molecule has 25 heavy (non-hydrogen) atoms. The molecule has 134 valence electrons. The van der Waals surface area contributed by atoms with Crippen molar-refractivity contribution < 1.29 is 4.79 Å². The molecule has 0 atom stereocenters. The van der Waals surface area contributed by atoms with Crippen LogP contribution in [-0.2, 0) is 4.79 Å². The predicted molar refractivity (Wildman–Crippen MR) is 103 cm³/mol. The number of amides is 1. The molecule has 1 aliphatic carbocycles. The highest BCUT2D eigenvalue weighted by molar-refractivity contribution is 7.99. The van der Waals surface area contributed by atoms with Crippen LogP contribution in [0.25, 0.3) is 0 Å². The minimum atomic E-state index is -0.134. The molecule has 0 unspecified atom stereocenters. The maximum Gasteiger partial charge on any atom is 0.234 e. The number of rotatable bonds is 5. The van der Waals surface area contributed by atoms with Gasteiger partial charge in [0.2, 0.25) is 5.91 Å². The lowest BCUT2D eigenvalue weighted by atomic mass is 9.95. The fourth-order valence-corrected chi connectivity index (χ4v) is 4.42. The average Bonchev–Trinajstić information content (AvgIpc) is 2.97. The van der Waals surface area contributed by atoms with E-state index in [9.17, 15) is 4.79 Å². The first kappa shape index (κ1) is 18.5. The monoisotopic (exact) mass is 398 g/mol. The molecule has 0 aliphatic heterocycles. The van der Waals surface area contributed by atoms with Crippen LogP contribution in [0.3, 0.4) is 0 Å². The molecule has 0 bridgehead atoms. The number of benzene rings is 1. The number of nitrogens with zero attached hydrogens (tertiary/aromatic N) is 3. The highest BCUT2D eigenvalue weighted by atomic mass is 35.5. The zero-order chi connectivity index (χ0) is 17.8. The van der Waals surface area contributed by atoms with Crippen LogP contribution in [0.1, 0.15) is 44.0 Å². The van der Waals surface area contributed by atoms with E-state index in [1.165, 1.54) is 31.0 Å². The molecule has 0 spiro atoms. The van der Waals surface area contributed by atoms with Gasteiger partial charge in [0, 0.05) is 11.1 Å². The molecule has 1 fully saturated rings. The summed E-state index contributed by atoms with van der Waals surface area (Å²) in [6.07, 6.45) is 6.08. The summed E-state index contributed by atoms with van der Waals surface area (Å²) in [7, 11) is 0. The van der Waals surface area contributed by atoms with Crippen LogP contribution in [0, 0.1) is 6.92 Å². The van der Waals surface area contributed by atoms with E-state index in [0.29, 0.717) is 21.8 Å². The average molecular weight is 399 g/mol. The lowest BCUT2D eigenvalue weighted by molar-refractivity contribution is -0.113. The highest BCUT2D eigenvalue weighted by Crippen LogP contribution is 2.32. The second-order valence-corrected chi connectivity index (χ2v) is 7.94. The number of thioether (sulfide) groups is 1. The van der Waals surface area contributed by atoms with E-state index in [2.05, 4.69) is 20.1 Å². The van der Waals surface area contributed by atoms with Crippen LogP contribution < -0.4 is 5.32 Å². The van der Waals surface area contributed by atoms with Gasteiger partial charge in [-0.2, -0.15) is 0 Å². The number of carbonyl (C=O) groups excluding carboxylic acids is 1. The molecule has 5 nitrogen and oxygen atoms in total. The van der Waals surface area contributed by atoms with Crippen molar-refractivity contribution in [3.63, 3.8) is 0 Å². The fraction of sp³-hybridized carbons (Fsp3) is 0.471. The van der Waals surface area contributed by atoms with Gasteiger partial charge in [-0.05, 0) is 38.0 Å². The molecule has 1 aromatic heterocycles. The van der Waals surface area contributed by atoms with Crippen LogP contribution in [0.15, 0.2) is 23.4 Å². The smallest absolute Gasteiger partial charge is 0.234 e. The highest BCUT2D eigenvalue weighted by Gasteiger charge is 2.21. The van der Waals surface area contributed by atoms with Crippen molar-refractivity contribution in [2.24, 2.45) is 0 Å². The second kappa shape index (κ2) is 8.43. The lowest BCUT2D eigenvalue weighted by Crippen LogP contribution is -2.17. The molecule has 3 rings (SSSR count). The van der Waals surface area contributed by atoms with Crippen molar-refractivity contribution >= 4 is 46.6 Å². The summed E-state index contributed by atoms with van der Waals surface area (Å²) >= 11 is 13.4. The lowest BCUT2D eigenvalue weighted by Gasteiger charge is -2.24. The summed E-state index contributed by atoms with van der Waals surface area (Å²) < 4.78 is 2.19. The number of carbonyl (C=O) groups is 1. The summed E-state index contributed by atoms with van der Waals surface area (Å²) in [5, 5.41) is 13.0. The molecule has 1 heterocycles. The SMILES string of the molecule is Cc1nnc(SCC(=O)Nc2ccc(Cl)cc2Cl)n1C1CCCCC1. The minimum Gasteiger partial charge on any atom is -0.324 e. The Labute approximate surface area is 161 Å². The molecule has 0 radical (unpaired) electrons. The maximum atomic E-state index is 12.2. The van der Waals surface area contributed by atoms with Gasteiger partial charge in [0.15, 0.2) is 5.16 Å². The number of hydrogen-bond acceptors (Lipinski definition) is 4. The van der Waals surface area contributed by atoms with Crippen LogP contribution in [0.4, 0.5) is 5.69 Å². The van der Waals surface area contributed by atoms with Gasteiger partial charge in [0.05, 0.1) is 16.5 Å². The van der Waals surface area contributed by atoms with E-state index in [1.807, 2.05) is 6.92 Å². The molecule has 1 amide bonds. The first-order valence-corrected chi connectivity index (χ1v) is 10.1. The normalized spacial score (nSPS) is 15.3. The van der Waals surface area contributed by atoms with Crippen molar-refractivity contribution in [3.8, 4) is 0 Å². The molecule has 1 N–H and O–H groups in total. The summed E-state index contributed by atoms with van der Waals surface area (Å²) in [5.74, 6) is 1.03. The van der Waals surface area contributed by atoms with Crippen LogP contribution in [0.5, 0.6) is 0 Å². The van der Waals surface area contributed by atoms with Gasteiger partial charge in [0.25, 0.3) is 0 Å². The van der Waals surface area contributed by atoms with Crippen molar-refractivity contribution in [3.05, 3.63) is 34.1 Å². The largest absolute Gasteiger partial charge is 0.324 e. The Morgan fingerprint density at radius 3 is 2.76 bits per heavy atom. The molecular formula is C17H20Cl2N4OS. The maximum absolute atomic E-state index is 12.2. The first-order chi connectivity index (χ1) is 12.0. The quantitative estimate of drug-likeness (QED) is 0.709. The standard InChI is InChI=1S/C17H20Cl2N4OS/c1-11-21-22-17(23(11)13-5-3-2-4-6-13)25-10-16(24)20-15-8-7-12(18)9-14(15)19/h7-9,13H,2-6,10H2,1H3,(H,20,24). The van der Waals surface area contributed by atoms with Crippen LogP contribution in [0.2, 0.25) is 10.0 Å². The van der Waals surface area contributed by atoms with Crippen LogP contribution >= 0.6 is 35.0 Å². The van der Waals surface area contributed by atoms with E-state index < -0.39 is 0 Å². The summed E-state index contributed by atoms with van der Waals surface area (Å²) in [5.41, 5.74) is 0.557. The fourth-order valence-electron chi connectivity index (χ4n) is 3.12. The second-order valence-electron chi connectivity index (χ2n) is 6.15. The number of nitrogens with one attached hydrogen (secondary N) is 1. The Morgan fingerprint density at radius 2 is 2.04 bits per heavy atom. The molecule has 0 saturated heterocycles. The van der Waals surface area contributed by atoms with Crippen molar-refractivity contribution in [1.29, 1.82) is 0 Å². The third-order valence-electron chi connectivity index (χ3n) is 4.31. The molecular weight excluding hydrogens is 379 g/mol. The van der Waals surface area contributed by atoms with Crippen molar-refractivity contribution in [1.82, 2.24) is 14.8 Å². The summed E-state index contributed by atoms with van der Waals surface area (Å²) in [4.78, 5) is 12.2. The number of aromatic nitrogens is 3. The van der Waals surface area contributed by atoms with E-state index in [4.69, 9.17) is 23.2 Å². The van der Waals surface area contributed by atoms with Gasteiger partial charge in [-0.25, -0.2) is 0 Å². The van der Waals surface area contributed by atoms with E-state index in [-0.39, 0.29) is 11.7 Å². The first-order valence-electron chi connectivity index (χ1n) is 8.34. The minimum absolute atomic E-state index is 0.134. The van der Waals surface area contributed by atoms with Gasteiger partial charge in [-0.15, -0.1) is 10.2 Å². The Kier molecular flexibility index (Phi) is 6.25. The number of anilines is 1. The Bertz CT molecular complexity index is 759. The third kappa shape index (κ3) is 4.68. The molecule has 1 aromatic carbocycles. The Balaban J connectivity index is 1.62. The van der Waals surface area contributed by atoms with Crippen LogP contribution in [-0.4, -0.2) is 26.4 Å². The number of aryl methyl sites for hydroxylation is 1. The molecule has 2 aromatic rings. The number of hydrogen-bond donors (Lipinski definition) is 1. The zero-order valence-corrected chi connectivity index (χ0v) is 16.3. The Hall–Kier alpha value is -1.24. The topological polar surface area (TPSA) is 59.8 Å². The van der Waals surface area contributed by atoms with Gasteiger partial charge in [0.1, 0.15) is 5.82 Å². The Morgan fingerprint density at radius 1 is 1.28 bits per heavy atom. The van der Waals surface area contributed by atoms with E-state index in [1.54, 1.807) is 18.2 Å². The van der Waals surface area contributed by atoms with Gasteiger partial charge >= 0.3 is 0 Å². The summed E-state index contributed by atoms with van der Waals surface area (Å²) in [6, 6.07) is 5.44. The molecule has 1 aliphatic rings. The van der Waals surface area contributed by atoms with Gasteiger partial charge in [-0.1, -0.05) is 54.2 Å². The van der Waals surface area contributed by atoms with Crippen molar-refractivity contribution in [2.75, 3.05) is 11.1 Å². The van der Waals surface area contributed by atoms with Gasteiger partial charge < -0.3 is 9.88 Å². The number of halogens is 2. The van der Waals surface area contributed by atoms with Crippen molar-refractivity contribution in [2.45, 2.75) is 50.2 Å². The zero-order valence-electron chi connectivity index (χ0n) is 14.0. The molecule has 8 heteroatoms. The molecule has 1 saturated carbocycles. The predicted octanol–water partition coefficient (Wildman–Crippen LogP) is 5.13.